The van der Waals surface area contributed by atoms with E-state index in [0.717, 1.165) is 12.2 Å². The molecule has 0 aliphatic rings. The van der Waals surface area contributed by atoms with Gasteiger partial charge in [0, 0.05) is 0 Å². The van der Waals surface area contributed by atoms with Crippen molar-refractivity contribution in [2.75, 3.05) is 18.6 Å². The third-order valence-electron chi connectivity index (χ3n) is 1.57. The molecule has 0 spiro atoms. The Labute approximate surface area is 91.1 Å². The number of rotatable bonds is 6. The van der Waals surface area contributed by atoms with Crippen molar-refractivity contribution in [3.05, 3.63) is 16.3 Å². The van der Waals surface area contributed by atoms with Crippen LogP contribution >= 0.6 is 23.1 Å². The molecule has 0 bridgehead atoms. The minimum absolute atomic E-state index is 0.286. The average Bonchev–Trinajstić information content (AvgIpc) is 2.60. The number of carbonyl (C=O) groups is 1. The van der Waals surface area contributed by atoms with Gasteiger partial charge in [-0.3, -0.25) is 0 Å². The summed E-state index contributed by atoms with van der Waals surface area (Å²) in [7, 11) is 0. The molecule has 3 nitrogen and oxygen atoms in total. The average molecular weight is 232 g/mol. The van der Waals surface area contributed by atoms with Crippen LogP contribution in [0.4, 0.5) is 0 Å². The normalized spacial score (nSPS) is 10.1. The third-order valence-corrected chi connectivity index (χ3v) is 3.15. The van der Waals surface area contributed by atoms with Crippen LogP contribution in [0.3, 0.4) is 0 Å². The molecule has 1 aromatic heterocycles. The SMILES string of the molecule is CSCCCOc1ccsc1C(=O)O. The molecular weight excluding hydrogens is 220 g/mol. The quantitative estimate of drug-likeness (QED) is 0.766. The summed E-state index contributed by atoms with van der Waals surface area (Å²) in [6, 6.07) is 1.70. The highest BCUT2D eigenvalue weighted by Gasteiger charge is 2.12. The molecule has 5 heteroatoms. The molecule has 0 radical (unpaired) electrons. The van der Waals surface area contributed by atoms with Crippen molar-refractivity contribution in [1.82, 2.24) is 0 Å². The zero-order chi connectivity index (χ0) is 10.4. The van der Waals surface area contributed by atoms with Crippen LogP contribution in [0.2, 0.25) is 0 Å². The van der Waals surface area contributed by atoms with Gasteiger partial charge < -0.3 is 9.84 Å². The zero-order valence-corrected chi connectivity index (χ0v) is 9.49. The van der Waals surface area contributed by atoms with Crippen molar-refractivity contribution >= 4 is 29.1 Å². The Morgan fingerprint density at radius 2 is 2.50 bits per heavy atom. The van der Waals surface area contributed by atoms with Crippen LogP contribution in [-0.2, 0) is 0 Å². The van der Waals surface area contributed by atoms with Crippen LogP contribution in [0.15, 0.2) is 11.4 Å². The molecule has 0 unspecified atom stereocenters. The Kier molecular flexibility index (Phi) is 4.82. The first kappa shape index (κ1) is 11.4. The number of carboxylic acid groups (broad SMARTS) is 1. The molecule has 1 rings (SSSR count). The maximum Gasteiger partial charge on any atom is 0.349 e. The van der Waals surface area contributed by atoms with E-state index in [1.165, 1.54) is 11.3 Å². The molecule has 1 aromatic rings. The van der Waals surface area contributed by atoms with Crippen LogP contribution in [0, 0.1) is 0 Å². The van der Waals surface area contributed by atoms with E-state index < -0.39 is 5.97 Å². The number of ether oxygens (including phenoxy) is 1. The van der Waals surface area contributed by atoms with Crippen LogP contribution in [-0.4, -0.2) is 29.7 Å². The van der Waals surface area contributed by atoms with E-state index in [0.29, 0.717) is 12.4 Å². The van der Waals surface area contributed by atoms with Crippen LogP contribution in [0.25, 0.3) is 0 Å². The second-order valence-corrected chi connectivity index (χ2v) is 4.52. The number of hydrogen-bond acceptors (Lipinski definition) is 4. The van der Waals surface area contributed by atoms with Gasteiger partial charge in [0.1, 0.15) is 5.75 Å². The molecule has 0 fully saturated rings. The van der Waals surface area contributed by atoms with Crippen molar-refractivity contribution in [2.45, 2.75) is 6.42 Å². The van der Waals surface area contributed by atoms with Crippen LogP contribution in [0.5, 0.6) is 5.75 Å². The summed E-state index contributed by atoms with van der Waals surface area (Å²) in [4.78, 5) is 11.0. The Hall–Kier alpha value is -0.680. The highest BCUT2D eigenvalue weighted by atomic mass is 32.2. The Morgan fingerprint density at radius 3 is 3.14 bits per heavy atom. The van der Waals surface area contributed by atoms with E-state index in [1.54, 1.807) is 23.2 Å². The maximum absolute atomic E-state index is 10.7. The van der Waals surface area contributed by atoms with E-state index in [4.69, 9.17) is 9.84 Å². The summed E-state index contributed by atoms with van der Waals surface area (Å²) in [5.41, 5.74) is 0. The van der Waals surface area contributed by atoms with Gasteiger partial charge in [-0.15, -0.1) is 11.3 Å². The summed E-state index contributed by atoms with van der Waals surface area (Å²) in [6.07, 6.45) is 2.98. The lowest BCUT2D eigenvalue weighted by molar-refractivity contribution is 0.0698. The molecule has 0 saturated heterocycles. The van der Waals surface area contributed by atoms with E-state index in [1.807, 2.05) is 6.26 Å². The van der Waals surface area contributed by atoms with E-state index in [2.05, 4.69) is 0 Å². The first-order valence-corrected chi connectivity index (χ1v) is 6.45. The zero-order valence-electron chi connectivity index (χ0n) is 7.86. The van der Waals surface area contributed by atoms with Crippen LogP contribution in [0.1, 0.15) is 16.1 Å². The number of thiophene rings is 1. The maximum atomic E-state index is 10.7. The first-order chi connectivity index (χ1) is 6.75. The number of carboxylic acids is 1. The van der Waals surface area contributed by atoms with E-state index in [-0.39, 0.29) is 4.88 Å². The Bertz CT molecular complexity index is 296. The molecule has 0 aliphatic heterocycles. The third kappa shape index (κ3) is 3.23. The second-order valence-electron chi connectivity index (χ2n) is 2.61. The lowest BCUT2D eigenvalue weighted by Gasteiger charge is -2.03. The van der Waals surface area contributed by atoms with Gasteiger partial charge in [-0.1, -0.05) is 0 Å². The van der Waals surface area contributed by atoms with Crippen molar-refractivity contribution < 1.29 is 14.6 Å². The predicted octanol–water partition coefficient (Wildman–Crippen LogP) is 2.58. The Morgan fingerprint density at radius 1 is 1.71 bits per heavy atom. The molecule has 1 heterocycles. The predicted molar refractivity (Wildman–Crippen MR) is 59.8 cm³/mol. The summed E-state index contributed by atoms with van der Waals surface area (Å²) in [6.45, 7) is 0.581. The van der Waals surface area contributed by atoms with Gasteiger partial charge in [-0.25, -0.2) is 4.79 Å². The first-order valence-electron chi connectivity index (χ1n) is 4.18. The molecule has 78 valence electrons. The fourth-order valence-corrected chi connectivity index (χ4v) is 2.03. The second kappa shape index (κ2) is 5.93. The topological polar surface area (TPSA) is 46.5 Å². The summed E-state index contributed by atoms with van der Waals surface area (Å²) >= 11 is 2.95. The minimum atomic E-state index is -0.917. The molecule has 1 N–H and O–H groups in total. The molecule has 0 aliphatic carbocycles. The van der Waals surface area contributed by atoms with Crippen molar-refractivity contribution in [1.29, 1.82) is 0 Å². The van der Waals surface area contributed by atoms with Gasteiger partial charge in [-0.2, -0.15) is 11.8 Å². The molecule has 0 atom stereocenters. The molecule has 14 heavy (non-hydrogen) atoms. The van der Waals surface area contributed by atoms with Gasteiger partial charge in [0.2, 0.25) is 0 Å². The smallest absolute Gasteiger partial charge is 0.349 e. The highest BCUT2D eigenvalue weighted by Crippen LogP contribution is 2.24. The van der Waals surface area contributed by atoms with Crippen molar-refractivity contribution in [2.24, 2.45) is 0 Å². The standard InChI is InChI=1S/C9H12O3S2/c1-13-5-2-4-12-7-3-6-14-8(7)9(10)11/h3,6H,2,4-5H2,1H3,(H,10,11). The van der Waals surface area contributed by atoms with E-state index >= 15 is 0 Å². The van der Waals surface area contributed by atoms with Gasteiger partial charge >= 0.3 is 5.97 Å². The fourth-order valence-electron chi connectivity index (χ4n) is 0.952. The summed E-state index contributed by atoms with van der Waals surface area (Å²) in [5, 5.41) is 10.5. The minimum Gasteiger partial charge on any atom is -0.492 e. The summed E-state index contributed by atoms with van der Waals surface area (Å²) in [5.74, 6) is 0.607. The van der Waals surface area contributed by atoms with Gasteiger partial charge in [0.05, 0.1) is 6.61 Å². The molecule has 0 amide bonds. The van der Waals surface area contributed by atoms with Crippen molar-refractivity contribution in [3.63, 3.8) is 0 Å². The van der Waals surface area contributed by atoms with Crippen molar-refractivity contribution in [3.8, 4) is 5.75 Å². The van der Waals surface area contributed by atoms with Crippen LogP contribution < -0.4 is 4.74 Å². The van der Waals surface area contributed by atoms with Gasteiger partial charge in [-0.05, 0) is 29.9 Å². The summed E-state index contributed by atoms with van der Waals surface area (Å²) < 4.78 is 5.36. The Balaban J connectivity index is 2.42. The van der Waals surface area contributed by atoms with Gasteiger partial charge in [0.15, 0.2) is 4.88 Å². The van der Waals surface area contributed by atoms with E-state index in [9.17, 15) is 4.79 Å². The lowest BCUT2D eigenvalue weighted by Crippen LogP contribution is -2.02. The highest BCUT2D eigenvalue weighted by molar-refractivity contribution is 7.98. The fraction of sp³-hybridized carbons (Fsp3) is 0.444. The molecule has 0 aromatic carbocycles. The molecule has 0 saturated carbocycles. The largest absolute Gasteiger partial charge is 0.492 e. The number of hydrogen-bond donors (Lipinski definition) is 1. The van der Waals surface area contributed by atoms with Gasteiger partial charge in [0.25, 0.3) is 0 Å². The lowest BCUT2D eigenvalue weighted by atomic mass is 10.4. The number of thioether (sulfide) groups is 1. The monoisotopic (exact) mass is 232 g/mol. The number of aromatic carboxylic acids is 1. The molecular formula is C9H12O3S2.